The van der Waals surface area contributed by atoms with Crippen molar-refractivity contribution in [2.24, 2.45) is 0 Å². The number of halogens is 1. The molecule has 0 saturated carbocycles. The van der Waals surface area contributed by atoms with Crippen LogP contribution >= 0.6 is 11.6 Å². The first kappa shape index (κ1) is 24.9. The molecular formula is C27H27ClN4O5. The van der Waals surface area contributed by atoms with Crippen molar-refractivity contribution in [1.29, 1.82) is 0 Å². The lowest BCUT2D eigenvalue weighted by Gasteiger charge is -2.35. The summed E-state index contributed by atoms with van der Waals surface area (Å²) >= 11 is 6.09. The van der Waals surface area contributed by atoms with Gasteiger partial charge in [-0.1, -0.05) is 29.8 Å². The quantitative estimate of drug-likeness (QED) is 0.460. The van der Waals surface area contributed by atoms with Gasteiger partial charge in [-0.15, -0.1) is 0 Å². The van der Waals surface area contributed by atoms with Gasteiger partial charge in [0.15, 0.2) is 0 Å². The fourth-order valence-corrected chi connectivity index (χ4v) is 4.89. The number of hydrogen-bond donors (Lipinski definition) is 0. The summed E-state index contributed by atoms with van der Waals surface area (Å²) < 4.78 is 16.5. The van der Waals surface area contributed by atoms with E-state index < -0.39 is 18.2 Å². The minimum Gasteiger partial charge on any atom is -0.497 e. The van der Waals surface area contributed by atoms with Gasteiger partial charge in [-0.25, -0.2) is 4.79 Å². The molecule has 37 heavy (non-hydrogen) atoms. The number of piperazine rings is 1. The Hall–Kier alpha value is -3.82. The Bertz CT molecular complexity index is 1290. The van der Waals surface area contributed by atoms with Gasteiger partial charge in [0.25, 0.3) is 0 Å². The minimum absolute atomic E-state index is 0.0798. The Morgan fingerprint density at radius 3 is 2.51 bits per heavy atom. The van der Waals surface area contributed by atoms with Crippen LogP contribution in [0.4, 0.5) is 16.3 Å². The van der Waals surface area contributed by atoms with Crippen molar-refractivity contribution in [3.63, 3.8) is 0 Å². The number of carbonyl (C=O) groups excluding carboxylic acids is 2. The number of aromatic nitrogens is 1. The number of amides is 2. The number of hydrogen-bond acceptors (Lipinski definition) is 7. The average molecular weight is 523 g/mol. The average Bonchev–Trinajstić information content (AvgIpc) is 3.24. The summed E-state index contributed by atoms with van der Waals surface area (Å²) in [4.78, 5) is 35.9. The van der Waals surface area contributed by atoms with E-state index in [-0.39, 0.29) is 12.5 Å². The SMILES string of the molecule is COc1cccc([C@H]2[C@H](CN3CCN(c4cccc(OC)n4)C(=O)C3)OC(=O)N2c2ccc(Cl)cc2)c1. The molecular weight excluding hydrogens is 496 g/mol. The fourth-order valence-electron chi connectivity index (χ4n) is 4.77. The van der Waals surface area contributed by atoms with E-state index in [4.69, 9.17) is 25.8 Å². The molecule has 2 amide bonds. The predicted octanol–water partition coefficient (Wildman–Crippen LogP) is 4.17. The summed E-state index contributed by atoms with van der Waals surface area (Å²) in [6, 6.07) is 19.6. The first-order chi connectivity index (χ1) is 18.0. The number of pyridine rings is 1. The second-order valence-electron chi connectivity index (χ2n) is 8.81. The molecule has 0 N–H and O–H groups in total. The van der Waals surface area contributed by atoms with Crippen molar-refractivity contribution in [2.45, 2.75) is 12.1 Å². The number of rotatable bonds is 7. The largest absolute Gasteiger partial charge is 0.497 e. The third kappa shape index (κ3) is 5.19. The molecule has 2 atom stereocenters. The Morgan fingerprint density at radius 2 is 1.78 bits per heavy atom. The van der Waals surface area contributed by atoms with E-state index in [9.17, 15) is 9.59 Å². The van der Waals surface area contributed by atoms with E-state index in [1.165, 1.54) is 0 Å². The van der Waals surface area contributed by atoms with Gasteiger partial charge in [0.2, 0.25) is 11.8 Å². The molecule has 2 fully saturated rings. The van der Waals surface area contributed by atoms with Crippen LogP contribution in [0.3, 0.4) is 0 Å². The zero-order valence-electron chi connectivity index (χ0n) is 20.5. The highest BCUT2D eigenvalue weighted by molar-refractivity contribution is 6.30. The molecule has 1 aromatic heterocycles. The highest BCUT2D eigenvalue weighted by atomic mass is 35.5. The number of ether oxygens (including phenoxy) is 3. The van der Waals surface area contributed by atoms with Crippen molar-refractivity contribution in [1.82, 2.24) is 9.88 Å². The molecule has 2 saturated heterocycles. The molecule has 9 nitrogen and oxygen atoms in total. The van der Waals surface area contributed by atoms with Crippen molar-refractivity contribution < 1.29 is 23.8 Å². The van der Waals surface area contributed by atoms with Crippen molar-refractivity contribution >= 4 is 35.1 Å². The van der Waals surface area contributed by atoms with Crippen LogP contribution in [-0.4, -0.2) is 68.4 Å². The van der Waals surface area contributed by atoms with Gasteiger partial charge in [-0.2, -0.15) is 4.98 Å². The van der Waals surface area contributed by atoms with Crippen molar-refractivity contribution in [3.05, 3.63) is 77.3 Å². The summed E-state index contributed by atoms with van der Waals surface area (Å²) in [6.45, 7) is 1.64. The Kier molecular flexibility index (Phi) is 7.16. The van der Waals surface area contributed by atoms with Gasteiger partial charge in [-0.05, 0) is 48.0 Å². The van der Waals surface area contributed by atoms with Crippen LogP contribution in [0.25, 0.3) is 0 Å². The van der Waals surface area contributed by atoms with Gasteiger partial charge >= 0.3 is 6.09 Å². The van der Waals surface area contributed by atoms with Crippen molar-refractivity contribution in [3.8, 4) is 11.6 Å². The van der Waals surface area contributed by atoms with Crippen LogP contribution < -0.4 is 19.3 Å². The lowest BCUT2D eigenvalue weighted by atomic mass is 9.99. The third-order valence-electron chi connectivity index (χ3n) is 6.55. The summed E-state index contributed by atoms with van der Waals surface area (Å²) in [5, 5.41) is 0.577. The van der Waals surface area contributed by atoms with Crippen LogP contribution in [0.15, 0.2) is 66.7 Å². The second-order valence-corrected chi connectivity index (χ2v) is 9.25. The third-order valence-corrected chi connectivity index (χ3v) is 6.80. The molecule has 5 rings (SSSR count). The smallest absolute Gasteiger partial charge is 0.415 e. The molecule has 3 heterocycles. The number of nitrogens with zero attached hydrogens (tertiary/aromatic N) is 4. The highest BCUT2D eigenvalue weighted by Gasteiger charge is 2.45. The number of methoxy groups -OCH3 is 2. The lowest BCUT2D eigenvalue weighted by Crippen LogP contribution is -2.53. The maximum atomic E-state index is 13.1. The van der Waals surface area contributed by atoms with Crippen molar-refractivity contribution in [2.75, 3.05) is 50.2 Å². The number of benzene rings is 2. The van der Waals surface area contributed by atoms with Crippen LogP contribution in [-0.2, 0) is 9.53 Å². The van der Waals surface area contributed by atoms with Gasteiger partial charge in [0, 0.05) is 36.4 Å². The normalized spacial score (nSPS) is 20.2. The number of anilines is 2. The van der Waals surface area contributed by atoms with Gasteiger partial charge in [0.1, 0.15) is 23.7 Å². The van der Waals surface area contributed by atoms with Crippen LogP contribution in [0.1, 0.15) is 11.6 Å². The van der Waals surface area contributed by atoms with Gasteiger partial charge in [0.05, 0.1) is 20.8 Å². The van der Waals surface area contributed by atoms with Crippen LogP contribution in [0.5, 0.6) is 11.6 Å². The monoisotopic (exact) mass is 522 g/mol. The molecule has 0 aliphatic carbocycles. The fraction of sp³-hybridized carbons (Fsp3) is 0.296. The summed E-state index contributed by atoms with van der Waals surface area (Å²) in [7, 11) is 3.15. The van der Waals surface area contributed by atoms with E-state index in [0.717, 1.165) is 5.56 Å². The minimum atomic E-state index is -0.510. The topological polar surface area (TPSA) is 84.4 Å². The van der Waals surface area contributed by atoms with E-state index in [2.05, 4.69) is 4.98 Å². The number of carbonyl (C=O) groups is 2. The Labute approximate surface area is 220 Å². The molecule has 10 heteroatoms. The molecule has 192 valence electrons. The molecule has 2 aliphatic heterocycles. The Morgan fingerprint density at radius 1 is 1.00 bits per heavy atom. The predicted molar refractivity (Wildman–Crippen MR) is 140 cm³/mol. The molecule has 0 bridgehead atoms. The van der Waals surface area contributed by atoms with E-state index in [0.29, 0.717) is 47.8 Å². The zero-order chi connectivity index (χ0) is 25.9. The molecule has 2 aliphatic rings. The summed E-state index contributed by atoms with van der Waals surface area (Å²) in [5.74, 6) is 1.61. The summed E-state index contributed by atoms with van der Waals surface area (Å²) in [6.07, 6.45) is -0.963. The van der Waals surface area contributed by atoms with Gasteiger partial charge in [-0.3, -0.25) is 19.5 Å². The Balaban J connectivity index is 1.38. The molecule has 0 radical (unpaired) electrons. The lowest BCUT2D eigenvalue weighted by molar-refractivity contribution is -0.121. The first-order valence-corrected chi connectivity index (χ1v) is 12.3. The number of cyclic esters (lactones) is 1. The zero-order valence-corrected chi connectivity index (χ0v) is 21.3. The standard InChI is InChI=1S/C27H27ClN4O5/c1-35-21-6-3-5-18(15-21)26-22(37-27(34)32(26)20-11-9-19(28)10-12-20)16-30-13-14-31(25(33)17-30)23-7-4-8-24(29-23)36-2/h3-12,15,22,26H,13-14,16-17H2,1-2H3/t22-,26-/m0/s1. The molecule has 3 aromatic rings. The maximum Gasteiger partial charge on any atom is 0.415 e. The highest BCUT2D eigenvalue weighted by Crippen LogP contribution is 2.39. The molecule has 2 aromatic carbocycles. The van der Waals surface area contributed by atoms with Crippen LogP contribution in [0, 0.1) is 0 Å². The van der Waals surface area contributed by atoms with Gasteiger partial charge < -0.3 is 14.2 Å². The first-order valence-electron chi connectivity index (χ1n) is 11.9. The maximum absolute atomic E-state index is 13.1. The molecule has 0 unspecified atom stereocenters. The molecule has 0 spiro atoms. The van der Waals surface area contributed by atoms with Crippen LogP contribution in [0.2, 0.25) is 5.02 Å². The van der Waals surface area contributed by atoms with E-state index in [1.807, 2.05) is 35.2 Å². The van der Waals surface area contributed by atoms with E-state index >= 15 is 0 Å². The van der Waals surface area contributed by atoms with E-state index in [1.54, 1.807) is 60.4 Å². The second kappa shape index (κ2) is 10.7. The summed E-state index contributed by atoms with van der Waals surface area (Å²) in [5.41, 5.74) is 1.55.